The Labute approximate surface area is 158 Å². The molecule has 1 aliphatic rings. The summed E-state index contributed by atoms with van der Waals surface area (Å²) in [6.45, 7) is 2.95. The van der Waals surface area contributed by atoms with Crippen LogP contribution in [0.25, 0.3) is 0 Å². The van der Waals surface area contributed by atoms with Gasteiger partial charge in [0.25, 0.3) is 5.91 Å². The van der Waals surface area contributed by atoms with Crippen molar-refractivity contribution < 1.29 is 14.4 Å². The fraction of sp³-hybridized carbons (Fsp3) is 0.286. The Morgan fingerprint density at radius 2 is 1.59 bits per heavy atom. The maximum atomic E-state index is 12.4. The van der Waals surface area contributed by atoms with Crippen molar-refractivity contribution in [3.05, 3.63) is 54.1 Å². The SMILES string of the molecule is CCN(C)c1ccc(C(=O)Nc2ccc(N3C(=O)CCCC3=O)cc2)cc1. The quantitative estimate of drug-likeness (QED) is 0.824. The van der Waals surface area contributed by atoms with Crippen molar-refractivity contribution in [1.82, 2.24) is 0 Å². The number of benzene rings is 2. The molecule has 1 N–H and O–H groups in total. The van der Waals surface area contributed by atoms with Gasteiger partial charge in [-0.15, -0.1) is 0 Å². The fourth-order valence-corrected chi connectivity index (χ4v) is 2.99. The summed E-state index contributed by atoms with van der Waals surface area (Å²) in [6.07, 6.45) is 1.37. The van der Waals surface area contributed by atoms with Crippen molar-refractivity contribution in [3.63, 3.8) is 0 Å². The zero-order valence-corrected chi connectivity index (χ0v) is 15.6. The molecule has 0 radical (unpaired) electrons. The number of anilines is 3. The van der Waals surface area contributed by atoms with Crippen LogP contribution in [0.5, 0.6) is 0 Å². The van der Waals surface area contributed by atoms with Gasteiger partial charge in [0, 0.05) is 43.4 Å². The number of amides is 3. The minimum atomic E-state index is -0.210. The van der Waals surface area contributed by atoms with Gasteiger partial charge in [0.05, 0.1) is 5.69 Å². The highest BCUT2D eigenvalue weighted by molar-refractivity contribution is 6.16. The van der Waals surface area contributed by atoms with Crippen LogP contribution in [0.1, 0.15) is 36.5 Å². The smallest absolute Gasteiger partial charge is 0.255 e. The Kier molecular flexibility index (Phi) is 5.54. The van der Waals surface area contributed by atoms with Gasteiger partial charge in [-0.3, -0.25) is 19.3 Å². The van der Waals surface area contributed by atoms with Crippen molar-refractivity contribution >= 4 is 34.8 Å². The van der Waals surface area contributed by atoms with Gasteiger partial charge >= 0.3 is 0 Å². The summed E-state index contributed by atoms with van der Waals surface area (Å²) in [5.41, 5.74) is 2.76. The third-order valence-electron chi connectivity index (χ3n) is 4.71. The first kappa shape index (κ1) is 18.6. The maximum Gasteiger partial charge on any atom is 0.255 e. The molecule has 140 valence electrons. The molecule has 0 aromatic heterocycles. The van der Waals surface area contributed by atoms with Crippen LogP contribution >= 0.6 is 0 Å². The Bertz CT molecular complexity index is 828. The third kappa shape index (κ3) is 4.16. The number of nitrogens with one attached hydrogen (secondary N) is 1. The molecule has 1 fully saturated rings. The Morgan fingerprint density at radius 1 is 1.00 bits per heavy atom. The highest BCUT2D eigenvalue weighted by Gasteiger charge is 2.27. The first-order valence-electron chi connectivity index (χ1n) is 9.08. The van der Waals surface area contributed by atoms with Crippen LogP contribution in [0.4, 0.5) is 17.1 Å². The minimum absolute atomic E-state index is 0.180. The number of carbonyl (C=O) groups excluding carboxylic acids is 3. The molecular formula is C21H23N3O3. The van der Waals surface area contributed by atoms with E-state index < -0.39 is 0 Å². The summed E-state index contributed by atoms with van der Waals surface area (Å²) in [5.74, 6) is -0.570. The van der Waals surface area contributed by atoms with E-state index in [-0.39, 0.29) is 17.7 Å². The molecule has 1 heterocycles. The summed E-state index contributed by atoms with van der Waals surface area (Å²) in [4.78, 5) is 39.7. The third-order valence-corrected chi connectivity index (χ3v) is 4.71. The predicted molar refractivity (Wildman–Crippen MR) is 106 cm³/mol. The number of carbonyl (C=O) groups is 3. The number of piperidine rings is 1. The van der Waals surface area contributed by atoms with E-state index in [4.69, 9.17) is 0 Å². The van der Waals surface area contributed by atoms with Gasteiger partial charge in [0.15, 0.2) is 0 Å². The summed E-state index contributed by atoms with van der Waals surface area (Å²) >= 11 is 0. The standard InChI is InChI=1S/C21H23N3O3/c1-3-23(2)17-11-7-15(8-12-17)21(27)22-16-9-13-18(14-10-16)24-19(25)5-4-6-20(24)26/h7-14H,3-6H2,1-2H3,(H,22,27). The fourth-order valence-electron chi connectivity index (χ4n) is 2.99. The van der Waals surface area contributed by atoms with E-state index in [1.165, 1.54) is 4.90 Å². The molecule has 3 amide bonds. The zero-order valence-electron chi connectivity index (χ0n) is 15.6. The predicted octanol–water partition coefficient (Wildman–Crippen LogP) is 3.44. The second-order valence-corrected chi connectivity index (χ2v) is 6.54. The molecule has 0 atom stereocenters. The van der Waals surface area contributed by atoms with Crippen LogP contribution in [0.15, 0.2) is 48.5 Å². The van der Waals surface area contributed by atoms with Crippen LogP contribution in [0, 0.1) is 0 Å². The highest BCUT2D eigenvalue weighted by atomic mass is 16.2. The zero-order chi connectivity index (χ0) is 19.4. The molecule has 1 aliphatic heterocycles. The molecule has 6 heteroatoms. The number of nitrogens with zero attached hydrogens (tertiary/aromatic N) is 2. The van der Waals surface area contributed by atoms with E-state index in [9.17, 15) is 14.4 Å². The van der Waals surface area contributed by atoms with E-state index in [0.29, 0.717) is 36.2 Å². The van der Waals surface area contributed by atoms with Gasteiger partial charge in [-0.25, -0.2) is 0 Å². The van der Waals surface area contributed by atoms with Gasteiger partial charge in [0.2, 0.25) is 11.8 Å². The topological polar surface area (TPSA) is 69.7 Å². The summed E-state index contributed by atoms with van der Waals surface area (Å²) in [6, 6.07) is 14.1. The molecule has 3 rings (SSSR count). The van der Waals surface area contributed by atoms with Crippen LogP contribution in [0.2, 0.25) is 0 Å². The van der Waals surface area contributed by atoms with Crippen LogP contribution in [-0.2, 0) is 9.59 Å². The molecule has 2 aromatic rings. The second kappa shape index (κ2) is 8.03. The Balaban J connectivity index is 1.68. The number of hydrogen-bond acceptors (Lipinski definition) is 4. The van der Waals surface area contributed by atoms with Crippen molar-refractivity contribution in [2.24, 2.45) is 0 Å². The molecule has 1 saturated heterocycles. The van der Waals surface area contributed by atoms with Crippen molar-refractivity contribution in [3.8, 4) is 0 Å². The van der Waals surface area contributed by atoms with Gasteiger partial charge in [0.1, 0.15) is 0 Å². The second-order valence-electron chi connectivity index (χ2n) is 6.54. The van der Waals surface area contributed by atoms with E-state index in [1.54, 1.807) is 36.4 Å². The minimum Gasteiger partial charge on any atom is -0.375 e. The molecule has 0 unspecified atom stereocenters. The summed E-state index contributed by atoms with van der Waals surface area (Å²) in [5, 5.41) is 2.83. The maximum absolute atomic E-state index is 12.4. The van der Waals surface area contributed by atoms with Crippen molar-refractivity contribution in [1.29, 1.82) is 0 Å². The lowest BCUT2D eigenvalue weighted by Gasteiger charge is -2.25. The van der Waals surface area contributed by atoms with E-state index >= 15 is 0 Å². The molecule has 0 spiro atoms. The van der Waals surface area contributed by atoms with Gasteiger partial charge in [-0.1, -0.05) is 0 Å². The number of imide groups is 1. The van der Waals surface area contributed by atoms with Gasteiger partial charge in [-0.05, 0) is 61.9 Å². The van der Waals surface area contributed by atoms with Crippen molar-refractivity contribution in [2.75, 3.05) is 28.7 Å². The largest absolute Gasteiger partial charge is 0.375 e. The molecule has 0 aliphatic carbocycles. The first-order valence-corrected chi connectivity index (χ1v) is 9.08. The Morgan fingerprint density at radius 3 is 2.15 bits per heavy atom. The van der Waals surface area contributed by atoms with E-state index in [1.807, 2.05) is 19.2 Å². The molecule has 0 bridgehead atoms. The average molecular weight is 365 g/mol. The average Bonchev–Trinajstić information content (AvgIpc) is 2.68. The summed E-state index contributed by atoms with van der Waals surface area (Å²) in [7, 11) is 1.99. The molecule has 6 nitrogen and oxygen atoms in total. The monoisotopic (exact) mass is 365 g/mol. The lowest BCUT2D eigenvalue weighted by molar-refractivity contribution is -0.129. The number of hydrogen-bond donors (Lipinski definition) is 1. The van der Waals surface area contributed by atoms with Crippen LogP contribution < -0.4 is 15.1 Å². The van der Waals surface area contributed by atoms with Gasteiger partial charge < -0.3 is 10.2 Å². The Hall–Kier alpha value is -3.15. The van der Waals surface area contributed by atoms with Crippen LogP contribution in [0.3, 0.4) is 0 Å². The van der Waals surface area contributed by atoms with E-state index in [2.05, 4.69) is 17.1 Å². The first-order chi connectivity index (χ1) is 13.0. The molecular weight excluding hydrogens is 342 g/mol. The lowest BCUT2D eigenvalue weighted by atomic mass is 10.1. The number of rotatable bonds is 5. The molecule has 27 heavy (non-hydrogen) atoms. The van der Waals surface area contributed by atoms with Crippen molar-refractivity contribution in [2.45, 2.75) is 26.2 Å². The molecule has 2 aromatic carbocycles. The molecule has 0 saturated carbocycles. The lowest BCUT2D eigenvalue weighted by Crippen LogP contribution is -2.40. The summed E-state index contributed by atoms with van der Waals surface area (Å²) < 4.78 is 0. The highest BCUT2D eigenvalue weighted by Crippen LogP contribution is 2.24. The van der Waals surface area contributed by atoms with Gasteiger partial charge in [-0.2, -0.15) is 0 Å². The van der Waals surface area contributed by atoms with Crippen LogP contribution in [-0.4, -0.2) is 31.3 Å². The normalized spacial score (nSPS) is 14.2. The van der Waals surface area contributed by atoms with E-state index in [0.717, 1.165) is 12.2 Å².